The fourth-order valence-electron chi connectivity index (χ4n) is 3.59. The molecule has 7 nitrogen and oxygen atoms in total. The van der Waals surface area contributed by atoms with E-state index < -0.39 is 6.04 Å². The largest absolute Gasteiger partial charge is 0.340 e. The zero-order valence-corrected chi connectivity index (χ0v) is 18.9. The van der Waals surface area contributed by atoms with Gasteiger partial charge in [-0.2, -0.15) is 10.1 Å². The zero-order chi connectivity index (χ0) is 23.1. The van der Waals surface area contributed by atoms with E-state index in [1.54, 1.807) is 48.1 Å². The molecule has 1 amide bonds. The van der Waals surface area contributed by atoms with Crippen LogP contribution in [-0.2, 0) is 0 Å². The van der Waals surface area contributed by atoms with Crippen molar-refractivity contribution in [1.29, 1.82) is 0 Å². The van der Waals surface area contributed by atoms with Gasteiger partial charge in [0.1, 0.15) is 11.9 Å². The molecule has 2 aromatic heterocycles. The maximum atomic E-state index is 13.2. The minimum atomic E-state index is -0.547. The van der Waals surface area contributed by atoms with Crippen molar-refractivity contribution >= 4 is 29.1 Å². The summed E-state index contributed by atoms with van der Waals surface area (Å²) in [6.45, 7) is 1.75. The standard InChI is InChI=1S/C23H18Cl2FN5O2/c1-12(23-29-21(30-33-23)14-4-7-16(26)8-5-14)28-22(32)17-11-27-31(20(17)13-2-3-13)19-9-6-15(24)10-18(19)25/h4-13H,2-3H2,1H3,(H,28,32). The highest BCUT2D eigenvalue weighted by Crippen LogP contribution is 2.43. The third-order valence-corrected chi connectivity index (χ3v) is 5.95. The van der Waals surface area contributed by atoms with Crippen LogP contribution in [0.15, 0.2) is 53.2 Å². The van der Waals surface area contributed by atoms with E-state index in [4.69, 9.17) is 27.7 Å². The van der Waals surface area contributed by atoms with Gasteiger partial charge in [0.2, 0.25) is 11.7 Å². The number of benzene rings is 2. The van der Waals surface area contributed by atoms with Crippen molar-refractivity contribution in [3.05, 3.63) is 81.7 Å². The van der Waals surface area contributed by atoms with Crippen molar-refractivity contribution in [2.45, 2.75) is 31.7 Å². The predicted molar refractivity (Wildman–Crippen MR) is 121 cm³/mol. The first kappa shape index (κ1) is 21.6. The van der Waals surface area contributed by atoms with Gasteiger partial charge in [-0.1, -0.05) is 28.4 Å². The van der Waals surface area contributed by atoms with Gasteiger partial charge < -0.3 is 9.84 Å². The Morgan fingerprint density at radius 2 is 1.97 bits per heavy atom. The summed E-state index contributed by atoms with van der Waals surface area (Å²) < 4.78 is 20.2. The Hall–Kier alpha value is -3.23. The molecule has 1 saturated carbocycles. The number of nitrogens with one attached hydrogen (secondary N) is 1. The maximum Gasteiger partial charge on any atom is 0.255 e. The van der Waals surface area contributed by atoms with Gasteiger partial charge in [-0.25, -0.2) is 9.07 Å². The molecule has 1 unspecified atom stereocenters. The van der Waals surface area contributed by atoms with E-state index in [0.717, 1.165) is 18.5 Å². The SMILES string of the molecule is CC(NC(=O)c1cnn(-c2ccc(Cl)cc2Cl)c1C1CC1)c1nc(-c2ccc(F)cc2)no1. The lowest BCUT2D eigenvalue weighted by Crippen LogP contribution is -2.27. The van der Waals surface area contributed by atoms with Crippen molar-refractivity contribution in [2.75, 3.05) is 0 Å². The predicted octanol–water partition coefficient (Wildman–Crippen LogP) is 5.74. The number of rotatable bonds is 6. The molecule has 33 heavy (non-hydrogen) atoms. The Bertz CT molecular complexity index is 1330. The Labute approximate surface area is 198 Å². The molecular formula is C23H18Cl2FN5O2. The topological polar surface area (TPSA) is 85.8 Å². The highest BCUT2D eigenvalue weighted by Gasteiger charge is 2.34. The molecule has 5 rings (SSSR count). The molecule has 0 radical (unpaired) electrons. The summed E-state index contributed by atoms with van der Waals surface area (Å²) >= 11 is 12.4. The molecule has 1 aliphatic carbocycles. The molecular weight excluding hydrogens is 468 g/mol. The van der Waals surface area contributed by atoms with Crippen molar-refractivity contribution in [3.8, 4) is 17.1 Å². The van der Waals surface area contributed by atoms with Crippen LogP contribution >= 0.6 is 23.2 Å². The van der Waals surface area contributed by atoms with E-state index in [-0.39, 0.29) is 23.5 Å². The number of hydrogen-bond acceptors (Lipinski definition) is 5. The van der Waals surface area contributed by atoms with Crippen LogP contribution in [0, 0.1) is 5.82 Å². The van der Waals surface area contributed by atoms with Gasteiger partial charge in [0, 0.05) is 16.5 Å². The average molecular weight is 486 g/mol. The van der Waals surface area contributed by atoms with Gasteiger partial charge in [-0.15, -0.1) is 0 Å². The van der Waals surface area contributed by atoms with Crippen molar-refractivity contribution in [1.82, 2.24) is 25.2 Å². The van der Waals surface area contributed by atoms with Crippen LogP contribution in [0.5, 0.6) is 0 Å². The summed E-state index contributed by atoms with van der Waals surface area (Å²) in [5.41, 5.74) is 2.55. The number of nitrogens with zero attached hydrogens (tertiary/aromatic N) is 4. The van der Waals surface area contributed by atoms with Crippen LogP contribution in [0.25, 0.3) is 17.1 Å². The molecule has 168 valence electrons. The molecule has 1 N–H and O–H groups in total. The minimum Gasteiger partial charge on any atom is -0.340 e. The van der Waals surface area contributed by atoms with Gasteiger partial charge in [-0.05, 0) is 62.2 Å². The van der Waals surface area contributed by atoms with E-state index >= 15 is 0 Å². The normalized spacial score (nSPS) is 14.3. The van der Waals surface area contributed by atoms with Crippen LogP contribution in [0.2, 0.25) is 10.0 Å². The molecule has 2 aromatic carbocycles. The molecule has 1 atom stereocenters. The van der Waals surface area contributed by atoms with Crippen LogP contribution in [-0.4, -0.2) is 25.8 Å². The highest BCUT2D eigenvalue weighted by molar-refractivity contribution is 6.35. The number of amides is 1. The van der Waals surface area contributed by atoms with Gasteiger partial charge in [0.15, 0.2) is 0 Å². The second-order valence-electron chi connectivity index (χ2n) is 7.88. The first-order valence-electron chi connectivity index (χ1n) is 10.3. The molecule has 1 aliphatic rings. The fourth-order valence-corrected chi connectivity index (χ4v) is 4.08. The lowest BCUT2D eigenvalue weighted by atomic mass is 10.1. The summed E-state index contributed by atoms with van der Waals surface area (Å²) in [6.07, 6.45) is 3.48. The van der Waals surface area contributed by atoms with E-state index in [9.17, 15) is 9.18 Å². The smallest absolute Gasteiger partial charge is 0.255 e. The zero-order valence-electron chi connectivity index (χ0n) is 17.4. The number of carbonyl (C=O) groups is 1. The first-order chi connectivity index (χ1) is 15.9. The lowest BCUT2D eigenvalue weighted by molar-refractivity contribution is 0.0931. The summed E-state index contributed by atoms with van der Waals surface area (Å²) in [6, 6.07) is 10.4. The molecule has 4 aromatic rings. The van der Waals surface area contributed by atoms with Gasteiger partial charge in [-0.3, -0.25) is 4.79 Å². The molecule has 0 aliphatic heterocycles. The minimum absolute atomic E-state index is 0.226. The molecule has 0 saturated heterocycles. The Morgan fingerprint density at radius 3 is 2.67 bits per heavy atom. The number of aromatic nitrogens is 4. The van der Waals surface area contributed by atoms with E-state index in [1.807, 2.05) is 0 Å². The van der Waals surface area contributed by atoms with Gasteiger partial charge in [0.25, 0.3) is 5.91 Å². The van der Waals surface area contributed by atoms with Crippen molar-refractivity contribution < 1.29 is 13.7 Å². The number of halogens is 3. The second kappa shape index (κ2) is 8.61. The Kier molecular flexibility index (Phi) is 5.64. The third-order valence-electron chi connectivity index (χ3n) is 5.42. The Balaban J connectivity index is 1.38. The summed E-state index contributed by atoms with van der Waals surface area (Å²) in [7, 11) is 0. The molecule has 2 heterocycles. The van der Waals surface area contributed by atoms with Crippen molar-refractivity contribution in [3.63, 3.8) is 0 Å². The monoisotopic (exact) mass is 485 g/mol. The van der Waals surface area contributed by atoms with Crippen LogP contribution in [0.3, 0.4) is 0 Å². The van der Waals surface area contributed by atoms with Gasteiger partial charge >= 0.3 is 0 Å². The van der Waals surface area contributed by atoms with Crippen molar-refractivity contribution in [2.24, 2.45) is 0 Å². The fraction of sp³-hybridized carbons (Fsp3) is 0.217. The molecule has 10 heteroatoms. The third kappa shape index (κ3) is 4.36. The first-order valence-corrected chi connectivity index (χ1v) is 11.1. The Morgan fingerprint density at radius 1 is 1.21 bits per heavy atom. The van der Waals surface area contributed by atoms with Crippen LogP contribution in [0.1, 0.15) is 53.7 Å². The van der Waals surface area contributed by atoms with Gasteiger partial charge in [0.05, 0.1) is 28.2 Å². The quantitative estimate of drug-likeness (QED) is 0.376. The molecule has 0 spiro atoms. The second-order valence-corrected chi connectivity index (χ2v) is 8.73. The number of hydrogen-bond donors (Lipinski definition) is 1. The average Bonchev–Trinajstić information content (AvgIpc) is 3.32. The van der Waals surface area contributed by atoms with Crippen LogP contribution < -0.4 is 5.32 Å². The summed E-state index contributed by atoms with van der Waals surface area (Å²) in [4.78, 5) is 17.5. The number of carbonyl (C=O) groups excluding carboxylic acids is 1. The highest BCUT2D eigenvalue weighted by atomic mass is 35.5. The van der Waals surface area contributed by atoms with E-state index in [1.165, 1.54) is 12.1 Å². The summed E-state index contributed by atoms with van der Waals surface area (Å²) in [5, 5.41) is 12.2. The lowest BCUT2D eigenvalue weighted by Gasteiger charge is -2.12. The summed E-state index contributed by atoms with van der Waals surface area (Å²) in [5.74, 6) is 0.125. The van der Waals surface area contributed by atoms with Crippen LogP contribution in [0.4, 0.5) is 4.39 Å². The molecule has 0 bridgehead atoms. The maximum absolute atomic E-state index is 13.2. The van der Waals surface area contributed by atoms with E-state index in [0.29, 0.717) is 32.7 Å². The van der Waals surface area contributed by atoms with E-state index in [2.05, 4.69) is 20.6 Å². The molecule has 1 fully saturated rings.